The van der Waals surface area contributed by atoms with E-state index in [9.17, 15) is 0 Å². The van der Waals surface area contributed by atoms with Crippen LogP contribution in [0, 0.1) is 5.92 Å². The molecule has 1 nitrogen and oxygen atoms in total. The standard InChI is InChI=1S/C28H30O/c1-4-15-29-28-13-9-22(10-14-28)6-7-23-8-12-25-18-27(19-26(25)17-23)24-11-5-20(2)21(3)16-24/h5,8-14,16-17,19,21H,2,4,6-7,15,18H2,1,3H3. The Morgan fingerprint density at radius 2 is 1.76 bits per heavy atom. The monoisotopic (exact) mass is 382 g/mol. The molecule has 0 saturated heterocycles. The summed E-state index contributed by atoms with van der Waals surface area (Å²) < 4.78 is 5.68. The lowest BCUT2D eigenvalue weighted by atomic mass is 9.90. The Hall–Kier alpha value is -2.80. The van der Waals surface area contributed by atoms with Crippen molar-refractivity contribution in [2.45, 2.75) is 39.5 Å². The van der Waals surface area contributed by atoms with Crippen molar-refractivity contribution in [1.82, 2.24) is 0 Å². The Labute approximate surface area is 175 Å². The van der Waals surface area contributed by atoms with Gasteiger partial charge in [0.1, 0.15) is 5.75 Å². The van der Waals surface area contributed by atoms with Crippen LogP contribution in [0.5, 0.6) is 5.75 Å². The van der Waals surface area contributed by atoms with Gasteiger partial charge in [-0.25, -0.2) is 0 Å². The topological polar surface area (TPSA) is 9.23 Å². The smallest absolute Gasteiger partial charge is 0.119 e. The highest BCUT2D eigenvalue weighted by Gasteiger charge is 2.17. The summed E-state index contributed by atoms with van der Waals surface area (Å²) in [7, 11) is 0. The molecule has 4 rings (SSSR count). The molecule has 0 fully saturated rings. The summed E-state index contributed by atoms with van der Waals surface area (Å²) in [5.74, 6) is 1.39. The Bertz CT molecular complexity index is 985. The zero-order chi connectivity index (χ0) is 20.2. The van der Waals surface area contributed by atoms with Crippen molar-refractivity contribution in [3.05, 3.63) is 106 Å². The van der Waals surface area contributed by atoms with Crippen molar-refractivity contribution in [3.63, 3.8) is 0 Å². The van der Waals surface area contributed by atoms with Crippen LogP contribution in [0.2, 0.25) is 0 Å². The Kier molecular flexibility index (Phi) is 5.85. The summed E-state index contributed by atoms with van der Waals surface area (Å²) in [6.45, 7) is 9.24. The Balaban J connectivity index is 1.41. The van der Waals surface area contributed by atoms with Gasteiger partial charge in [0.15, 0.2) is 0 Å². The zero-order valence-electron chi connectivity index (χ0n) is 17.6. The first-order chi connectivity index (χ1) is 14.1. The third kappa shape index (κ3) is 4.62. The van der Waals surface area contributed by atoms with Gasteiger partial charge >= 0.3 is 0 Å². The van der Waals surface area contributed by atoms with Crippen molar-refractivity contribution in [2.24, 2.45) is 5.92 Å². The quantitative estimate of drug-likeness (QED) is 0.507. The van der Waals surface area contributed by atoms with Gasteiger partial charge in [0, 0.05) is 0 Å². The van der Waals surface area contributed by atoms with E-state index in [1.54, 1.807) is 0 Å². The molecule has 1 atom stereocenters. The molecular formula is C28H30O. The van der Waals surface area contributed by atoms with Gasteiger partial charge in [-0.05, 0) is 82.7 Å². The van der Waals surface area contributed by atoms with E-state index in [4.69, 9.17) is 4.74 Å². The third-order valence-corrected chi connectivity index (χ3v) is 5.88. The molecule has 1 unspecified atom stereocenters. The molecule has 0 heterocycles. The predicted molar refractivity (Wildman–Crippen MR) is 123 cm³/mol. The highest BCUT2D eigenvalue weighted by Crippen LogP contribution is 2.34. The van der Waals surface area contributed by atoms with Gasteiger partial charge in [0.2, 0.25) is 0 Å². The second-order valence-corrected chi connectivity index (χ2v) is 8.19. The lowest BCUT2D eigenvalue weighted by Crippen LogP contribution is -2.00. The molecule has 0 aromatic heterocycles. The molecule has 2 aliphatic rings. The van der Waals surface area contributed by atoms with Crippen LogP contribution in [-0.4, -0.2) is 6.61 Å². The highest BCUT2D eigenvalue weighted by molar-refractivity contribution is 5.71. The number of aryl methyl sites for hydroxylation is 2. The first kappa shape index (κ1) is 19.5. The van der Waals surface area contributed by atoms with Crippen LogP contribution in [0.4, 0.5) is 0 Å². The molecule has 2 aliphatic carbocycles. The lowest BCUT2D eigenvalue weighted by Gasteiger charge is -2.15. The van der Waals surface area contributed by atoms with E-state index in [2.05, 4.69) is 87.2 Å². The van der Waals surface area contributed by atoms with Crippen LogP contribution in [0.25, 0.3) is 6.08 Å². The van der Waals surface area contributed by atoms with Gasteiger partial charge in [-0.15, -0.1) is 0 Å². The van der Waals surface area contributed by atoms with Crippen LogP contribution >= 0.6 is 0 Å². The minimum atomic E-state index is 0.425. The molecule has 0 aliphatic heterocycles. The van der Waals surface area contributed by atoms with Crippen LogP contribution < -0.4 is 4.74 Å². The van der Waals surface area contributed by atoms with Gasteiger partial charge in [0.05, 0.1) is 6.61 Å². The summed E-state index contributed by atoms with van der Waals surface area (Å²) in [5.41, 5.74) is 9.56. The second-order valence-electron chi connectivity index (χ2n) is 8.19. The molecule has 0 N–H and O–H groups in total. The Morgan fingerprint density at radius 1 is 1.00 bits per heavy atom. The van der Waals surface area contributed by atoms with Crippen molar-refractivity contribution in [1.29, 1.82) is 0 Å². The molecule has 2 aromatic carbocycles. The fourth-order valence-corrected chi connectivity index (χ4v) is 3.98. The average molecular weight is 383 g/mol. The van der Waals surface area contributed by atoms with Crippen LogP contribution in [0.3, 0.4) is 0 Å². The van der Waals surface area contributed by atoms with E-state index in [1.807, 2.05) is 0 Å². The summed E-state index contributed by atoms with van der Waals surface area (Å²) in [6.07, 6.45) is 13.3. The summed E-state index contributed by atoms with van der Waals surface area (Å²) in [5, 5.41) is 0. The fraction of sp³-hybridized carbons (Fsp3) is 0.286. The van der Waals surface area contributed by atoms with Crippen molar-refractivity contribution < 1.29 is 4.74 Å². The largest absolute Gasteiger partial charge is 0.494 e. The van der Waals surface area contributed by atoms with Gasteiger partial charge < -0.3 is 4.74 Å². The number of allylic oxidation sites excluding steroid dienone is 6. The molecule has 148 valence electrons. The number of rotatable bonds is 7. The maximum Gasteiger partial charge on any atom is 0.119 e. The predicted octanol–water partition coefficient (Wildman–Crippen LogP) is 6.89. The second kappa shape index (κ2) is 8.69. The molecule has 0 amide bonds. The van der Waals surface area contributed by atoms with Crippen molar-refractivity contribution in [2.75, 3.05) is 6.61 Å². The normalized spacial score (nSPS) is 17.7. The molecular weight excluding hydrogens is 352 g/mol. The lowest BCUT2D eigenvalue weighted by molar-refractivity contribution is 0.317. The number of fused-ring (bicyclic) bond motifs is 1. The number of benzene rings is 2. The van der Waals surface area contributed by atoms with Gasteiger partial charge in [-0.3, -0.25) is 0 Å². The fourth-order valence-electron chi connectivity index (χ4n) is 3.98. The third-order valence-electron chi connectivity index (χ3n) is 5.88. The molecule has 0 bridgehead atoms. The van der Waals surface area contributed by atoms with Gasteiger partial charge in [-0.2, -0.15) is 0 Å². The minimum absolute atomic E-state index is 0.425. The number of hydrogen-bond donors (Lipinski definition) is 0. The van der Waals surface area contributed by atoms with Crippen molar-refractivity contribution >= 4 is 6.08 Å². The van der Waals surface area contributed by atoms with Crippen molar-refractivity contribution in [3.8, 4) is 5.75 Å². The van der Waals surface area contributed by atoms with E-state index in [0.717, 1.165) is 38.0 Å². The summed E-state index contributed by atoms with van der Waals surface area (Å²) >= 11 is 0. The first-order valence-electron chi connectivity index (χ1n) is 10.8. The molecule has 2 aromatic rings. The van der Waals surface area contributed by atoms with Crippen LogP contribution in [-0.2, 0) is 19.3 Å². The summed E-state index contributed by atoms with van der Waals surface area (Å²) in [4.78, 5) is 0. The van der Waals surface area contributed by atoms with E-state index in [0.29, 0.717) is 5.92 Å². The van der Waals surface area contributed by atoms with Crippen LogP contribution in [0.15, 0.2) is 84.0 Å². The van der Waals surface area contributed by atoms with E-state index in [1.165, 1.54) is 39.0 Å². The minimum Gasteiger partial charge on any atom is -0.494 e. The maximum absolute atomic E-state index is 5.68. The highest BCUT2D eigenvalue weighted by atomic mass is 16.5. The van der Waals surface area contributed by atoms with E-state index in [-0.39, 0.29) is 0 Å². The maximum atomic E-state index is 5.68. The zero-order valence-corrected chi connectivity index (χ0v) is 17.6. The van der Waals surface area contributed by atoms with Crippen LogP contribution in [0.1, 0.15) is 42.5 Å². The van der Waals surface area contributed by atoms with Gasteiger partial charge in [0.25, 0.3) is 0 Å². The molecule has 0 spiro atoms. The van der Waals surface area contributed by atoms with E-state index >= 15 is 0 Å². The average Bonchev–Trinajstić information content (AvgIpc) is 3.17. The SMILES string of the molecule is C=C1C=CC(C2=Cc3cc(CCc4ccc(OCCC)cc4)ccc3C2)=CC1C. The van der Waals surface area contributed by atoms with E-state index < -0.39 is 0 Å². The van der Waals surface area contributed by atoms with Gasteiger partial charge in [-0.1, -0.05) is 75.1 Å². The Morgan fingerprint density at radius 3 is 2.52 bits per heavy atom. The number of ether oxygens (including phenoxy) is 1. The molecule has 0 saturated carbocycles. The first-order valence-corrected chi connectivity index (χ1v) is 10.8. The summed E-state index contributed by atoms with van der Waals surface area (Å²) in [6, 6.07) is 15.5. The number of hydrogen-bond acceptors (Lipinski definition) is 1. The molecule has 1 heteroatoms. The molecule has 0 radical (unpaired) electrons. The molecule has 29 heavy (non-hydrogen) atoms.